The lowest BCUT2D eigenvalue weighted by Crippen LogP contribution is -2.44. The van der Waals surface area contributed by atoms with E-state index in [-0.39, 0.29) is 6.10 Å². The summed E-state index contributed by atoms with van der Waals surface area (Å²) >= 11 is 12.0. The van der Waals surface area contributed by atoms with E-state index in [2.05, 4.69) is 15.2 Å². The van der Waals surface area contributed by atoms with Crippen molar-refractivity contribution in [2.75, 3.05) is 33.3 Å². The van der Waals surface area contributed by atoms with Gasteiger partial charge in [0.15, 0.2) is 0 Å². The molecule has 1 atom stereocenters. The molecule has 1 aromatic heterocycles. The lowest BCUT2D eigenvalue weighted by atomic mass is 10.2. The number of hydrogen-bond donors (Lipinski definition) is 1. The van der Waals surface area contributed by atoms with Crippen molar-refractivity contribution in [3.05, 3.63) is 28.0 Å². The topological polar surface area (TPSA) is 37.4 Å². The second-order valence-corrected chi connectivity index (χ2v) is 5.25. The number of nitrogens with one attached hydrogen (secondary N) is 1. The molecule has 0 radical (unpaired) electrons. The van der Waals surface area contributed by atoms with Crippen molar-refractivity contribution in [3.8, 4) is 0 Å². The maximum absolute atomic E-state index is 6.09. The highest BCUT2D eigenvalue weighted by Gasteiger charge is 2.16. The van der Waals surface area contributed by atoms with E-state index in [0.717, 1.165) is 31.9 Å². The first-order chi connectivity index (χ1) is 8.65. The Balaban J connectivity index is 1.89. The highest BCUT2D eigenvalue weighted by atomic mass is 35.5. The number of hydrogen-bond acceptors (Lipinski definition) is 4. The molecule has 1 unspecified atom stereocenters. The van der Waals surface area contributed by atoms with E-state index in [1.165, 1.54) is 0 Å². The van der Waals surface area contributed by atoms with E-state index >= 15 is 0 Å². The first-order valence-corrected chi connectivity index (χ1v) is 6.72. The third kappa shape index (κ3) is 4.07. The van der Waals surface area contributed by atoms with E-state index in [0.29, 0.717) is 16.7 Å². The Kier molecular flexibility index (Phi) is 5.21. The fraction of sp³-hybridized carbons (Fsp3) is 0.583. The average Bonchev–Trinajstić information content (AvgIpc) is 2.35. The molecular weight excluding hydrogens is 273 g/mol. The number of likely N-dealkylation sites (N-methyl/N-ethyl adjacent to an activating group) is 1. The molecule has 2 heterocycles. The fourth-order valence-corrected chi connectivity index (χ4v) is 2.30. The Morgan fingerprint density at radius 1 is 1.50 bits per heavy atom. The van der Waals surface area contributed by atoms with Crippen molar-refractivity contribution in [1.29, 1.82) is 0 Å². The van der Waals surface area contributed by atoms with Crippen LogP contribution in [0.1, 0.15) is 5.69 Å². The molecule has 1 N–H and O–H groups in total. The van der Waals surface area contributed by atoms with Gasteiger partial charge in [0.05, 0.1) is 23.4 Å². The van der Waals surface area contributed by atoms with Crippen LogP contribution < -0.4 is 5.32 Å². The van der Waals surface area contributed by atoms with Gasteiger partial charge < -0.3 is 10.1 Å². The Bertz CT molecular complexity index is 397. The van der Waals surface area contributed by atoms with E-state index in [1.54, 1.807) is 12.1 Å². The first-order valence-electron chi connectivity index (χ1n) is 5.97. The van der Waals surface area contributed by atoms with E-state index in [4.69, 9.17) is 27.9 Å². The largest absolute Gasteiger partial charge is 0.374 e. The maximum Gasteiger partial charge on any atom is 0.129 e. The summed E-state index contributed by atoms with van der Waals surface area (Å²) in [4.78, 5) is 6.38. The predicted octanol–water partition coefficient (Wildman–Crippen LogP) is 1.81. The van der Waals surface area contributed by atoms with Gasteiger partial charge >= 0.3 is 0 Å². The maximum atomic E-state index is 6.09. The highest BCUT2D eigenvalue weighted by molar-refractivity contribution is 6.32. The van der Waals surface area contributed by atoms with Crippen LogP contribution in [0.5, 0.6) is 0 Å². The number of pyridine rings is 1. The van der Waals surface area contributed by atoms with Crippen LogP contribution in [0.3, 0.4) is 0 Å². The smallest absolute Gasteiger partial charge is 0.129 e. The van der Waals surface area contributed by atoms with E-state index in [9.17, 15) is 0 Å². The highest BCUT2D eigenvalue weighted by Crippen LogP contribution is 2.18. The monoisotopic (exact) mass is 289 g/mol. The van der Waals surface area contributed by atoms with Crippen molar-refractivity contribution >= 4 is 23.2 Å². The number of ether oxygens (including phenoxy) is 1. The van der Waals surface area contributed by atoms with Crippen molar-refractivity contribution in [1.82, 2.24) is 15.2 Å². The van der Waals surface area contributed by atoms with Crippen LogP contribution in [-0.2, 0) is 11.3 Å². The third-order valence-electron chi connectivity index (χ3n) is 2.82. The molecule has 2 rings (SSSR count). The van der Waals surface area contributed by atoms with Crippen LogP contribution >= 0.6 is 23.2 Å². The summed E-state index contributed by atoms with van der Waals surface area (Å²) in [5.41, 5.74) is 0.801. The number of nitrogens with zero attached hydrogens (tertiary/aromatic N) is 2. The summed E-state index contributed by atoms with van der Waals surface area (Å²) < 4.78 is 5.66. The van der Waals surface area contributed by atoms with Crippen LogP contribution in [0.4, 0.5) is 0 Å². The molecule has 0 saturated carbocycles. The van der Waals surface area contributed by atoms with Gasteiger partial charge in [-0.3, -0.25) is 4.90 Å². The molecule has 0 spiro atoms. The van der Waals surface area contributed by atoms with E-state index in [1.807, 2.05) is 7.05 Å². The molecular formula is C12H17Cl2N3O. The third-order valence-corrected chi connectivity index (χ3v) is 3.38. The van der Waals surface area contributed by atoms with Crippen LogP contribution in [0.2, 0.25) is 10.2 Å². The van der Waals surface area contributed by atoms with Gasteiger partial charge in [-0.15, -0.1) is 0 Å². The molecule has 100 valence electrons. The Morgan fingerprint density at radius 3 is 3.06 bits per heavy atom. The molecule has 4 nitrogen and oxygen atoms in total. The molecule has 0 amide bonds. The molecule has 1 aromatic rings. The number of morpholine rings is 1. The van der Waals surface area contributed by atoms with Crippen molar-refractivity contribution < 1.29 is 4.74 Å². The van der Waals surface area contributed by atoms with Crippen molar-refractivity contribution in [2.45, 2.75) is 12.6 Å². The number of halogens is 2. The lowest BCUT2D eigenvalue weighted by molar-refractivity contribution is 0.00868. The Morgan fingerprint density at radius 2 is 2.33 bits per heavy atom. The Hall–Kier alpha value is -0.390. The molecule has 0 bridgehead atoms. The summed E-state index contributed by atoms with van der Waals surface area (Å²) in [6, 6.07) is 3.47. The minimum atomic E-state index is 0.224. The van der Waals surface area contributed by atoms with Crippen LogP contribution in [0.25, 0.3) is 0 Å². The zero-order valence-corrected chi connectivity index (χ0v) is 11.8. The average molecular weight is 290 g/mol. The molecule has 0 aromatic carbocycles. The standard InChI is InChI=1S/C12H17Cl2N3O/c1-17(7-9-6-15-4-5-18-9)8-11-10(13)2-3-12(14)16-11/h2-3,9,15H,4-8H2,1H3. The Labute approximate surface area is 117 Å². The van der Waals surface area contributed by atoms with Gasteiger partial charge in [0.25, 0.3) is 0 Å². The molecule has 1 fully saturated rings. The summed E-state index contributed by atoms with van der Waals surface area (Å²) in [5, 5.41) is 4.43. The predicted molar refractivity (Wildman–Crippen MR) is 73.2 cm³/mol. The van der Waals surface area contributed by atoms with Gasteiger partial charge in [-0.05, 0) is 19.2 Å². The fourth-order valence-electron chi connectivity index (χ4n) is 1.97. The van der Waals surface area contributed by atoms with E-state index < -0.39 is 0 Å². The van der Waals surface area contributed by atoms with Crippen molar-refractivity contribution in [3.63, 3.8) is 0 Å². The molecule has 1 aliphatic heterocycles. The second kappa shape index (κ2) is 6.68. The summed E-state index contributed by atoms with van der Waals surface area (Å²) in [6.07, 6.45) is 0.224. The number of aromatic nitrogens is 1. The van der Waals surface area contributed by atoms with Gasteiger partial charge in [0.1, 0.15) is 5.15 Å². The van der Waals surface area contributed by atoms with Gasteiger partial charge in [0.2, 0.25) is 0 Å². The molecule has 0 aliphatic carbocycles. The molecule has 6 heteroatoms. The zero-order valence-electron chi connectivity index (χ0n) is 10.3. The van der Waals surface area contributed by atoms with Gasteiger partial charge in [0, 0.05) is 26.2 Å². The minimum absolute atomic E-state index is 0.224. The quantitative estimate of drug-likeness (QED) is 0.858. The minimum Gasteiger partial charge on any atom is -0.374 e. The molecule has 1 aliphatic rings. The molecule has 1 saturated heterocycles. The first kappa shape index (κ1) is 14.0. The van der Waals surface area contributed by atoms with Crippen molar-refractivity contribution in [2.24, 2.45) is 0 Å². The summed E-state index contributed by atoms with van der Waals surface area (Å²) in [7, 11) is 2.02. The van der Waals surface area contributed by atoms with Gasteiger partial charge in [-0.2, -0.15) is 0 Å². The van der Waals surface area contributed by atoms with Crippen LogP contribution in [0, 0.1) is 0 Å². The van der Waals surface area contributed by atoms with Gasteiger partial charge in [-0.1, -0.05) is 23.2 Å². The normalized spacial score (nSPS) is 20.3. The lowest BCUT2D eigenvalue weighted by Gasteiger charge is -2.27. The van der Waals surface area contributed by atoms with Crippen LogP contribution in [0.15, 0.2) is 12.1 Å². The zero-order chi connectivity index (χ0) is 13.0. The van der Waals surface area contributed by atoms with Crippen LogP contribution in [-0.4, -0.2) is 49.3 Å². The van der Waals surface area contributed by atoms with Gasteiger partial charge in [-0.25, -0.2) is 4.98 Å². The SMILES string of the molecule is CN(Cc1nc(Cl)ccc1Cl)CC1CNCCO1. The number of rotatable bonds is 4. The summed E-state index contributed by atoms with van der Waals surface area (Å²) in [6.45, 7) is 4.11. The molecule has 18 heavy (non-hydrogen) atoms. The second-order valence-electron chi connectivity index (χ2n) is 4.46. The summed E-state index contributed by atoms with van der Waals surface area (Å²) in [5.74, 6) is 0.